The van der Waals surface area contributed by atoms with E-state index < -0.39 is 12.2 Å². The molecule has 2 saturated heterocycles. The SMILES string of the molecule is CCNC(=NCC1CCOC1)N1CCN(C(C)C(F)(F)F)CC1. The Hall–Kier alpha value is -1.02. The summed E-state index contributed by atoms with van der Waals surface area (Å²) >= 11 is 0. The van der Waals surface area contributed by atoms with Crippen molar-refractivity contribution < 1.29 is 17.9 Å². The fourth-order valence-electron chi connectivity index (χ4n) is 2.90. The molecule has 2 unspecified atom stereocenters. The first-order chi connectivity index (χ1) is 10.9. The Bertz CT molecular complexity index is 389. The van der Waals surface area contributed by atoms with E-state index in [1.807, 2.05) is 6.92 Å². The average Bonchev–Trinajstić information content (AvgIpc) is 3.03. The normalized spacial score (nSPS) is 25.7. The van der Waals surface area contributed by atoms with Crippen molar-refractivity contribution in [2.24, 2.45) is 10.9 Å². The van der Waals surface area contributed by atoms with Crippen molar-refractivity contribution in [2.45, 2.75) is 32.5 Å². The molecule has 2 heterocycles. The van der Waals surface area contributed by atoms with Crippen LogP contribution in [0, 0.1) is 5.92 Å². The van der Waals surface area contributed by atoms with Crippen LogP contribution in [0.25, 0.3) is 0 Å². The molecule has 2 fully saturated rings. The third-order valence-corrected chi connectivity index (χ3v) is 4.49. The number of aliphatic imine (C=N–C) groups is 1. The van der Waals surface area contributed by atoms with E-state index in [-0.39, 0.29) is 0 Å². The Balaban J connectivity index is 1.88. The number of piperazine rings is 1. The summed E-state index contributed by atoms with van der Waals surface area (Å²) in [5.41, 5.74) is 0. The Morgan fingerprint density at radius 2 is 2.00 bits per heavy atom. The van der Waals surface area contributed by atoms with Crippen LogP contribution < -0.4 is 5.32 Å². The maximum Gasteiger partial charge on any atom is 0.403 e. The fraction of sp³-hybridized carbons (Fsp3) is 0.933. The number of guanidine groups is 1. The summed E-state index contributed by atoms with van der Waals surface area (Å²) in [6.45, 7) is 8.16. The third kappa shape index (κ3) is 5.24. The summed E-state index contributed by atoms with van der Waals surface area (Å²) in [5.74, 6) is 1.26. The number of nitrogens with zero attached hydrogens (tertiary/aromatic N) is 3. The van der Waals surface area contributed by atoms with Crippen LogP contribution >= 0.6 is 0 Å². The molecule has 0 radical (unpaired) electrons. The topological polar surface area (TPSA) is 40.1 Å². The molecule has 8 heteroatoms. The smallest absolute Gasteiger partial charge is 0.381 e. The van der Waals surface area contributed by atoms with Gasteiger partial charge in [0.1, 0.15) is 6.04 Å². The second-order valence-corrected chi connectivity index (χ2v) is 6.16. The minimum Gasteiger partial charge on any atom is -0.381 e. The van der Waals surface area contributed by atoms with Crippen molar-refractivity contribution in [1.29, 1.82) is 0 Å². The molecule has 2 rings (SSSR count). The van der Waals surface area contributed by atoms with Gasteiger partial charge >= 0.3 is 6.18 Å². The van der Waals surface area contributed by atoms with E-state index in [2.05, 4.69) is 15.2 Å². The number of halogens is 3. The molecular weight excluding hydrogens is 309 g/mol. The quantitative estimate of drug-likeness (QED) is 0.625. The van der Waals surface area contributed by atoms with E-state index in [0.717, 1.165) is 32.1 Å². The molecule has 0 amide bonds. The third-order valence-electron chi connectivity index (χ3n) is 4.49. The van der Waals surface area contributed by atoms with Gasteiger partial charge in [-0.25, -0.2) is 0 Å². The van der Waals surface area contributed by atoms with Crippen molar-refractivity contribution in [3.05, 3.63) is 0 Å². The van der Waals surface area contributed by atoms with Gasteiger partial charge in [0.05, 0.1) is 6.61 Å². The van der Waals surface area contributed by atoms with Gasteiger partial charge in [-0.15, -0.1) is 0 Å². The molecule has 2 aliphatic heterocycles. The van der Waals surface area contributed by atoms with Gasteiger partial charge in [-0.05, 0) is 20.3 Å². The maximum absolute atomic E-state index is 12.8. The van der Waals surface area contributed by atoms with E-state index in [9.17, 15) is 13.2 Å². The highest BCUT2D eigenvalue weighted by Crippen LogP contribution is 2.25. The number of hydrogen-bond acceptors (Lipinski definition) is 3. The van der Waals surface area contributed by atoms with Crippen molar-refractivity contribution in [1.82, 2.24) is 15.1 Å². The Kier molecular flexibility index (Phi) is 6.52. The zero-order chi connectivity index (χ0) is 16.9. The van der Waals surface area contributed by atoms with Gasteiger partial charge in [-0.3, -0.25) is 9.89 Å². The van der Waals surface area contributed by atoms with Crippen LogP contribution in [0.1, 0.15) is 20.3 Å². The number of nitrogens with one attached hydrogen (secondary N) is 1. The van der Waals surface area contributed by atoms with Gasteiger partial charge < -0.3 is 15.0 Å². The molecule has 23 heavy (non-hydrogen) atoms. The molecule has 1 N–H and O–H groups in total. The number of rotatable bonds is 4. The maximum atomic E-state index is 12.8. The van der Waals surface area contributed by atoms with Crippen molar-refractivity contribution in [3.63, 3.8) is 0 Å². The van der Waals surface area contributed by atoms with Gasteiger partial charge in [0, 0.05) is 51.8 Å². The lowest BCUT2D eigenvalue weighted by Gasteiger charge is -2.39. The fourth-order valence-corrected chi connectivity index (χ4v) is 2.90. The summed E-state index contributed by atoms with van der Waals surface area (Å²) in [4.78, 5) is 8.19. The van der Waals surface area contributed by atoms with E-state index >= 15 is 0 Å². The summed E-state index contributed by atoms with van der Waals surface area (Å²) < 4.78 is 43.8. The lowest BCUT2D eigenvalue weighted by atomic mass is 10.1. The van der Waals surface area contributed by atoms with Gasteiger partial charge in [0.25, 0.3) is 0 Å². The van der Waals surface area contributed by atoms with Crippen LogP contribution in [0.5, 0.6) is 0 Å². The summed E-state index contributed by atoms with van der Waals surface area (Å²) in [7, 11) is 0. The van der Waals surface area contributed by atoms with E-state index in [1.165, 1.54) is 11.8 Å². The number of alkyl halides is 3. The highest BCUT2D eigenvalue weighted by molar-refractivity contribution is 5.80. The highest BCUT2D eigenvalue weighted by Gasteiger charge is 2.41. The van der Waals surface area contributed by atoms with Gasteiger partial charge in [0.15, 0.2) is 5.96 Å². The molecule has 0 saturated carbocycles. The van der Waals surface area contributed by atoms with E-state index in [4.69, 9.17) is 4.74 Å². The largest absolute Gasteiger partial charge is 0.403 e. The van der Waals surface area contributed by atoms with Crippen LogP contribution in [0.4, 0.5) is 13.2 Å². The summed E-state index contributed by atoms with van der Waals surface area (Å²) in [6.07, 6.45) is -3.14. The summed E-state index contributed by atoms with van der Waals surface area (Å²) in [6, 6.07) is -1.39. The van der Waals surface area contributed by atoms with Crippen LogP contribution in [0.3, 0.4) is 0 Å². The minimum atomic E-state index is -4.16. The zero-order valence-corrected chi connectivity index (χ0v) is 13.9. The predicted molar refractivity (Wildman–Crippen MR) is 83.6 cm³/mol. The molecule has 2 atom stereocenters. The lowest BCUT2D eigenvalue weighted by Crippen LogP contribution is -2.56. The Morgan fingerprint density at radius 3 is 2.52 bits per heavy atom. The van der Waals surface area contributed by atoms with Crippen LogP contribution in [-0.2, 0) is 4.74 Å². The predicted octanol–water partition coefficient (Wildman–Crippen LogP) is 1.56. The van der Waals surface area contributed by atoms with Gasteiger partial charge in [-0.2, -0.15) is 13.2 Å². The molecule has 0 aliphatic carbocycles. The molecule has 2 aliphatic rings. The standard InChI is InChI=1S/C15H27F3N4O/c1-3-19-14(20-10-13-4-9-23-11-13)22-7-5-21(6-8-22)12(2)15(16,17)18/h12-13H,3-11H2,1-2H3,(H,19,20). The van der Waals surface area contributed by atoms with Crippen molar-refractivity contribution in [3.8, 4) is 0 Å². The number of hydrogen-bond donors (Lipinski definition) is 1. The van der Waals surface area contributed by atoms with E-state index in [0.29, 0.717) is 38.6 Å². The summed E-state index contributed by atoms with van der Waals surface area (Å²) in [5, 5.41) is 3.24. The van der Waals surface area contributed by atoms with Crippen molar-refractivity contribution in [2.75, 3.05) is 52.5 Å². The molecule has 0 aromatic heterocycles. The lowest BCUT2D eigenvalue weighted by molar-refractivity contribution is -0.181. The number of ether oxygens (including phenoxy) is 1. The molecule has 0 spiro atoms. The van der Waals surface area contributed by atoms with Crippen LogP contribution in [0.15, 0.2) is 4.99 Å². The molecular formula is C15H27F3N4O. The van der Waals surface area contributed by atoms with Crippen molar-refractivity contribution >= 4 is 5.96 Å². The molecule has 5 nitrogen and oxygen atoms in total. The second kappa shape index (κ2) is 8.19. The van der Waals surface area contributed by atoms with E-state index in [1.54, 1.807) is 0 Å². The monoisotopic (exact) mass is 336 g/mol. The van der Waals surface area contributed by atoms with Gasteiger partial charge in [-0.1, -0.05) is 0 Å². The first-order valence-electron chi connectivity index (χ1n) is 8.33. The van der Waals surface area contributed by atoms with Crippen LogP contribution in [0.2, 0.25) is 0 Å². The van der Waals surface area contributed by atoms with Crippen LogP contribution in [-0.4, -0.2) is 80.5 Å². The average molecular weight is 336 g/mol. The molecule has 0 bridgehead atoms. The van der Waals surface area contributed by atoms with Gasteiger partial charge in [0.2, 0.25) is 0 Å². The minimum absolute atomic E-state index is 0.400. The first-order valence-corrected chi connectivity index (χ1v) is 8.33. The second-order valence-electron chi connectivity index (χ2n) is 6.16. The molecule has 0 aromatic rings. The first kappa shape index (κ1) is 18.3. The Labute approximate surface area is 135 Å². The zero-order valence-electron chi connectivity index (χ0n) is 13.9. The molecule has 134 valence electrons. The highest BCUT2D eigenvalue weighted by atomic mass is 19.4. The Morgan fingerprint density at radius 1 is 1.30 bits per heavy atom. The molecule has 0 aromatic carbocycles.